The predicted octanol–water partition coefficient (Wildman–Crippen LogP) is 3.77. The fourth-order valence-corrected chi connectivity index (χ4v) is 4.25. The van der Waals surface area contributed by atoms with Gasteiger partial charge in [-0.25, -0.2) is 0 Å². The molecule has 2 aliphatic rings. The lowest BCUT2D eigenvalue weighted by Gasteiger charge is -2.30. The van der Waals surface area contributed by atoms with Crippen LogP contribution in [-0.2, 0) is 31.8 Å². The highest BCUT2D eigenvalue weighted by molar-refractivity contribution is 5.92. The minimum atomic E-state index is -4.46. The quantitative estimate of drug-likeness (QED) is 0.549. The van der Waals surface area contributed by atoms with Crippen molar-refractivity contribution in [3.63, 3.8) is 0 Å². The molecule has 2 aliphatic heterocycles. The Hall–Kier alpha value is -3.11. The molecule has 2 aromatic rings. The molecule has 0 bridgehead atoms. The molecule has 0 aliphatic carbocycles. The maximum atomic E-state index is 13.2. The van der Waals surface area contributed by atoms with E-state index < -0.39 is 17.3 Å². The number of hydrogen-bond donors (Lipinski definition) is 3. The van der Waals surface area contributed by atoms with Crippen LogP contribution in [0.1, 0.15) is 30.4 Å². The van der Waals surface area contributed by atoms with Crippen LogP contribution >= 0.6 is 0 Å². The first-order chi connectivity index (χ1) is 16.8. The van der Waals surface area contributed by atoms with Gasteiger partial charge in [-0.15, -0.1) is 0 Å². The molecule has 4 rings (SSSR count). The number of benzene rings is 2. The minimum absolute atomic E-state index is 0.0375. The second-order valence-corrected chi connectivity index (χ2v) is 8.81. The monoisotopic (exact) mass is 491 g/mol. The summed E-state index contributed by atoms with van der Waals surface area (Å²) in [5, 5.41) is 8.57. The van der Waals surface area contributed by atoms with Crippen LogP contribution < -0.4 is 16.0 Å². The van der Waals surface area contributed by atoms with Crippen LogP contribution in [0, 0.1) is 5.92 Å². The molecule has 3 N–H and O–H groups in total. The SMILES string of the molecule is O=C(NC1(C(=O)NCc2ccc(Nc3ccccc3C(F)(F)F)cc2)CCOC1)C1CCOCC1. The lowest BCUT2D eigenvalue weighted by molar-refractivity contribution is -0.137. The Morgan fingerprint density at radius 3 is 2.34 bits per heavy atom. The maximum absolute atomic E-state index is 13.2. The number of ether oxygens (including phenoxy) is 2. The number of hydrogen-bond acceptors (Lipinski definition) is 5. The molecule has 2 amide bonds. The van der Waals surface area contributed by atoms with Crippen molar-refractivity contribution >= 4 is 23.2 Å². The zero-order valence-electron chi connectivity index (χ0n) is 19.1. The molecule has 0 aromatic heterocycles. The van der Waals surface area contributed by atoms with Crippen molar-refractivity contribution in [3.05, 3.63) is 59.7 Å². The van der Waals surface area contributed by atoms with Crippen LogP contribution in [0.25, 0.3) is 0 Å². The van der Waals surface area contributed by atoms with E-state index in [4.69, 9.17) is 9.47 Å². The van der Waals surface area contributed by atoms with Crippen molar-refractivity contribution in [2.45, 2.75) is 37.5 Å². The van der Waals surface area contributed by atoms with Gasteiger partial charge in [-0.3, -0.25) is 9.59 Å². The Labute approximate surface area is 201 Å². The summed E-state index contributed by atoms with van der Waals surface area (Å²) in [6, 6.07) is 12.0. The third-order valence-corrected chi connectivity index (χ3v) is 6.33. The molecule has 1 atom stereocenters. The standard InChI is InChI=1S/C25H28F3N3O4/c26-25(27,28)20-3-1-2-4-21(20)30-19-7-5-17(6-8-19)15-29-23(33)24(11-14-35-16-24)31-22(32)18-9-12-34-13-10-18/h1-8,18,30H,9-16H2,(H,29,33)(H,31,32). The number of alkyl halides is 3. The Balaban J connectivity index is 1.36. The van der Waals surface area contributed by atoms with Crippen LogP contribution in [0.15, 0.2) is 48.5 Å². The maximum Gasteiger partial charge on any atom is 0.418 e. The van der Waals surface area contributed by atoms with E-state index in [9.17, 15) is 22.8 Å². The third kappa shape index (κ3) is 6.12. The number of halogens is 3. The van der Waals surface area contributed by atoms with E-state index in [0.29, 0.717) is 44.8 Å². The first kappa shape index (κ1) is 25.0. The summed E-state index contributed by atoms with van der Waals surface area (Å²) >= 11 is 0. The molecule has 7 nitrogen and oxygen atoms in total. The lowest BCUT2D eigenvalue weighted by atomic mass is 9.93. The number of amides is 2. The minimum Gasteiger partial charge on any atom is -0.381 e. The summed E-state index contributed by atoms with van der Waals surface area (Å²) in [5.74, 6) is -0.670. The fourth-order valence-electron chi connectivity index (χ4n) is 4.25. The Kier molecular flexibility index (Phi) is 7.61. The molecule has 0 saturated carbocycles. The van der Waals surface area contributed by atoms with E-state index in [1.807, 2.05) is 0 Å². The first-order valence-corrected chi connectivity index (χ1v) is 11.5. The molecule has 0 spiro atoms. The van der Waals surface area contributed by atoms with Crippen molar-refractivity contribution in [1.82, 2.24) is 10.6 Å². The molecule has 2 heterocycles. The zero-order chi connectivity index (χ0) is 24.9. The molecule has 188 valence electrons. The topological polar surface area (TPSA) is 88.7 Å². The molecule has 1 unspecified atom stereocenters. The van der Waals surface area contributed by atoms with E-state index >= 15 is 0 Å². The van der Waals surface area contributed by atoms with Crippen LogP contribution in [0.2, 0.25) is 0 Å². The highest BCUT2D eigenvalue weighted by Gasteiger charge is 2.44. The van der Waals surface area contributed by atoms with Crippen molar-refractivity contribution in [2.75, 3.05) is 31.7 Å². The number of anilines is 2. The first-order valence-electron chi connectivity index (χ1n) is 11.5. The molecule has 35 heavy (non-hydrogen) atoms. The van der Waals surface area contributed by atoms with Crippen molar-refractivity contribution in [3.8, 4) is 0 Å². The average molecular weight is 492 g/mol. The highest BCUT2D eigenvalue weighted by atomic mass is 19.4. The van der Waals surface area contributed by atoms with Gasteiger partial charge in [-0.2, -0.15) is 13.2 Å². The van der Waals surface area contributed by atoms with E-state index in [-0.39, 0.29) is 36.6 Å². The summed E-state index contributed by atoms with van der Waals surface area (Å²) in [6.45, 7) is 1.74. The zero-order valence-corrected chi connectivity index (χ0v) is 19.1. The molecule has 2 saturated heterocycles. The summed E-state index contributed by atoms with van der Waals surface area (Å²) < 4.78 is 50.4. The second kappa shape index (κ2) is 10.7. The van der Waals surface area contributed by atoms with Crippen LogP contribution in [-0.4, -0.2) is 43.8 Å². The van der Waals surface area contributed by atoms with E-state index in [1.54, 1.807) is 24.3 Å². The summed E-state index contributed by atoms with van der Waals surface area (Å²) in [4.78, 5) is 25.8. The van der Waals surface area contributed by atoms with Gasteiger partial charge in [0.15, 0.2) is 0 Å². The molecule has 10 heteroatoms. The van der Waals surface area contributed by atoms with Crippen molar-refractivity contribution < 1.29 is 32.2 Å². The number of carbonyl (C=O) groups excluding carboxylic acids is 2. The summed E-state index contributed by atoms with van der Waals surface area (Å²) in [6.07, 6.45) is -2.83. The van der Waals surface area contributed by atoms with Crippen molar-refractivity contribution in [1.29, 1.82) is 0 Å². The molecule has 2 aromatic carbocycles. The third-order valence-electron chi connectivity index (χ3n) is 6.33. The van der Waals surface area contributed by atoms with Gasteiger partial charge in [0, 0.05) is 44.4 Å². The Morgan fingerprint density at radius 1 is 0.971 bits per heavy atom. The molecule has 0 radical (unpaired) electrons. The van der Waals surface area contributed by atoms with Gasteiger partial charge in [-0.1, -0.05) is 24.3 Å². The fraction of sp³-hybridized carbons (Fsp3) is 0.440. The van der Waals surface area contributed by atoms with Gasteiger partial charge in [-0.05, 0) is 42.7 Å². The smallest absolute Gasteiger partial charge is 0.381 e. The molecule has 2 fully saturated rings. The number of para-hydroxylation sites is 1. The van der Waals surface area contributed by atoms with Gasteiger partial charge in [0.2, 0.25) is 11.8 Å². The van der Waals surface area contributed by atoms with Crippen LogP contribution in [0.3, 0.4) is 0 Å². The average Bonchev–Trinajstić information content (AvgIpc) is 3.33. The Morgan fingerprint density at radius 2 is 1.69 bits per heavy atom. The van der Waals surface area contributed by atoms with Gasteiger partial charge in [0.1, 0.15) is 5.54 Å². The number of nitrogens with one attached hydrogen (secondary N) is 3. The van der Waals surface area contributed by atoms with Gasteiger partial charge >= 0.3 is 6.18 Å². The van der Waals surface area contributed by atoms with Gasteiger partial charge < -0.3 is 25.4 Å². The van der Waals surface area contributed by atoms with E-state index in [0.717, 1.165) is 11.6 Å². The number of carbonyl (C=O) groups is 2. The van der Waals surface area contributed by atoms with Gasteiger partial charge in [0.05, 0.1) is 17.9 Å². The highest BCUT2D eigenvalue weighted by Crippen LogP contribution is 2.35. The second-order valence-electron chi connectivity index (χ2n) is 8.81. The number of rotatable bonds is 7. The van der Waals surface area contributed by atoms with E-state index in [2.05, 4.69) is 16.0 Å². The molecular weight excluding hydrogens is 463 g/mol. The summed E-state index contributed by atoms with van der Waals surface area (Å²) in [5.41, 5.74) is -0.648. The summed E-state index contributed by atoms with van der Waals surface area (Å²) in [7, 11) is 0. The van der Waals surface area contributed by atoms with Crippen LogP contribution in [0.5, 0.6) is 0 Å². The lowest BCUT2D eigenvalue weighted by Crippen LogP contribution is -2.60. The van der Waals surface area contributed by atoms with Crippen LogP contribution in [0.4, 0.5) is 24.5 Å². The largest absolute Gasteiger partial charge is 0.418 e. The van der Waals surface area contributed by atoms with Crippen molar-refractivity contribution in [2.24, 2.45) is 5.92 Å². The Bertz CT molecular complexity index is 1030. The normalized spacial score (nSPS) is 20.9. The predicted molar refractivity (Wildman–Crippen MR) is 123 cm³/mol. The molecular formula is C25H28F3N3O4. The van der Waals surface area contributed by atoms with E-state index in [1.165, 1.54) is 18.2 Å². The van der Waals surface area contributed by atoms with Gasteiger partial charge in [0.25, 0.3) is 0 Å².